The number of rotatable bonds is 4. The van der Waals surface area contributed by atoms with Crippen molar-refractivity contribution in [2.75, 3.05) is 0 Å². The van der Waals surface area contributed by atoms with Gasteiger partial charge in [0.25, 0.3) is 5.91 Å². The van der Waals surface area contributed by atoms with Gasteiger partial charge in [-0.25, -0.2) is 4.79 Å². The number of nitrogens with two attached hydrogens (primary N) is 1. The maximum atomic E-state index is 11.8. The van der Waals surface area contributed by atoms with Crippen LogP contribution in [0.25, 0.3) is 0 Å². The summed E-state index contributed by atoms with van der Waals surface area (Å²) in [7, 11) is 0. The molecule has 8 heteroatoms. The van der Waals surface area contributed by atoms with Gasteiger partial charge in [-0.1, -0.05) is 48.7 Å². The maximum Gasteiger partial charge on any atom is 0.318 e. The molecule has 0 aliphatic rings. The molecule has 0 aliphatic heterocycles. The second-order valence-electron chi connectivity index (χ2n) is 4.33. The molecule has 0 bridgehead atoms. The third-order valence-electron chi connectivity index (χ3n) is 2.34. The molecule has 0 aliphatic carbocycles. The summed E-state index contributed by atoms with van der Waals surface area (Å²) < 4.78 is 5.51. The first kappa shape index (κ1) is 16.9. The van der Waals surface area contributed by atoms with Crippen LogP contribution in [0.3, 0.4) is 0 Å². The number of urea groups is 1. The van der Waals surface area contributed by atoms with Gasteiger partial charge in [-0.2, -0.15) is 0 Å². The van der Waals surface area contributed by atoms with E-state index in [1.807, 2.05) is 5.32 Å². The minimum atomic E-state index is -0.954. The SMILES string of the molecule is CC(C)[C@@H](Oc1cc(Cl)c(Cl)cc1Cl)C(=O)NC(N)=O. The van der Waals surface area contributed by atoms with Crippen molar-refractivity contribution in [1.82, 2.24) is 5.32 Å². The van der Waals surface area contributed by atoms with Crippen molar-refractivity contribution in [3.05, 3.63) is 27.2 Å². The van der Waals surface area contributed by atoms with Crippen molar-refractivity contribution >= 4 is 46.7 Å². The smallest absolute Gasteiger partial charge is 0.318 e. The number of benzene rings is 1. The first-order chi connectivity index (χ1) is 9.22. The van der Waals surface area contributed by atoms with Crippen LogP contribution in [0.5, 0.6) is 5.75 Å². The summed E-state index contributed by atoms with van der Waals surface area (Å²) in [5, 5.41) is 2.68. The van der Waals surface area contributed by atoms with E-state index in [1.54, 1.807) is 13.8 Å². The molecule has 1 aromatic carbocycles. The van der Waals surface area contributed by atoms with Gasteiger partial charge >= 0.3 is 6.03 Å². The first-order valence-electron chi connectivity index (χ1n) is 5.64. The minimum absolute atomic E-state index is 0.194. The molecule has 3 N–H and O–H groups in total. The summed E-state index contributed by atoms with van der Waals surface area (Å²) in [5.74, 6) is -0.686. The van der Waals surface area contributed by atoms with Gasteiger partial charge in [-0.05, 0) is 12.0 Å². The number of halogens is 3. The molecule has 110 valence electrons. The zero-order chi connectivity index (χ0) is 15.4. The number of nitrogens with one attached hydrogen (secondary N) is 1. The van der Waals surface area contributed by atoms with Crippen molar-refractivity contribution in [1.29, 1.82) is 0 Å². The van der Waals surface area contributed by atoms with Crippen LogP contribution < -0.4 is 15.8 Å². The average Bonchev–Trinajstić information content (AvgIpc) is 2.30. The monoisotopic (exact) mass is 338 g/mol. The maximum absolute atomic E-state index is 11.8. The van der Waals surface area contributed by atoms with E-state index in [9.17, 15) is 9.59 Å². The summed E-state index contributed by atoms with van der Waals surface area (Å²) in [6.45, 7) is 3.49. The Kier molecular flexibility index (Phi) is 5.92. The van der Waals surface area contributed by atoms with Crippen molar-refractivity contribution in [3.63, 3.8) is 0 Å². The Bertz CT molecular complexity index is 535. The molecule has 0 radical (unpaired) electrons. The molecular weight excluding hydrogens is 327 g/mol. The van der Waals surface area contributed by atoms with E-state index in [4.69, 9.17) is 45.3 Å². The Morgan fingerprint density at radius 3 is 2.20 bits per heavy atom. The Hall–Kier alpha value is -1.17. The quantitative estimate of drug-likeness (QED) is 0.826. The molecule has 0 heterocycles. The van der Waals surface area contributed by atoms with Crippen LogP contribution in [0, 0.1) is 5.92 Å². The van der Waals surface area contributed by atoms with Gasteiger partial charge in [0.1, 0.15) is 5.75 Å². The number of hydrogen-bond donors (Lipinski definition) is 2. The second-order valence-corrected chi connectivity index (χ2v) is 5.55. The van der Waals surface area contributed by atoms with Gasteiger partial charge in [0.15, 0.2) is 6.10 Å². The van der Waals surface area contributed by atoms with E-state index < -0.39 is 18.0 Å². The molecule has 5 nitrogen and oxygen atoms in total. The molecule has 0 saturated heterocycles. The van der Waals surface area contributed by atoms with Gasteiger partial charge < -0.3 is 10.5 Å². The van der Waals surface area contributed by atoms with Crippen LogP contribution in [-0.4, -0.2) is 18.0 Å². The topological polar surface area (TPSA) is 81.4 Å². The molecule has 0 unspecified atom stereocenters. The van der Waals surface area contributed by atoms with Gasteiger partial charge in [0.2, 0.25) is 0 Å². The van der Waals surface area contributed by atoms with E-state index in [-0.39, 0.29) is 26.7 Å². The highest BCUT2D eigenvalue weighted by atomic mass is 35.5. The van der Waals surface area contributed by atoms with Crippen molar-refractivity contribution in [3.8, 4) is 5.75 Å². The highest BCUT2D eigenvalue weighted by molar-refractivity contribution is 6.43. The van der Waals surface area contributed by atoms with Gasteiger partial charge in [-0.3, -0.25) is 10.1 Å². The lowest BCUT2D eigenvalue weighted by Crippen LogP contribution is -2.46. The largest absolute Gasteiger partial charge is 0.479 e. The molecular formula is C12H13Cl3N2O3. The molecule has 1 atom stereocenters. The molecule has 0 saturated carbocycles. The van der Waals surface area contributed by atoms with Crippen LogP contribution in [0.1, 0.15) is 13.8 Å². The molecule has 0 spiro atoms. The van der Waals surface area contributed by atoms with E-state index in [1.165, 1.54) is 12.1 Å². The molecule has 0 aromatic heterocycles. The average molecular weight is 340 g/mol. The lowest BCUT2D eigenvalue weighted by molar-refractivity contribution is -0.128. The predicted molar refractivity (Wildman–Crippen MR) is 78.5 cm³/mol. The van der Waals surface area contributed by atoms with Crippen molar-refractivity contribution in [2.45, 2.75) is 20.0 Å². The molecule has 1 aromatic rings. The second kappa shape index (κ2) is 7.02. The number of carbonyl (C=O) groups excluding carboxylic acids is 2. The molecule has 20 heavy (non-hydrogen) atoms. The fourth-order valence-electron chi connectivity index (χ4n) is 1.42. The van der Waals surface area contributed by atoms with Crippen LogP contribution in [0.15, 0.2) is 12.1 Å². The third-order valence-corrected chi connectivity index (χ3v) is 3.36. The number of imide groups is 1. The number of hydrogen-bond acceptors (Lipinski definition) is 3. The summed E-state index contributed by atoms with van der Waals surface area (Å²) in [5.41, 5.74) is 4.91. The van der Waals surface area contributed by atoms with E-state index in [0.29, 0.717) is 0 Å². The van der Waals surface area contributed by atoms with Gasteiger partial charge in [0.05, 0.1) is 15.1 Å². The zero-order valence-electron chi connectivity index (χ0n) is 10.7. The normalized spacial score (nSPS) is 12.1. The van der Waals surface area contributed by atoms with E-state index in [0.717, 1.165) is 0 Å². The standard InChI is InChI=1S/C12H13Cl3N2O3/c1-5(2)10(11(18)17-12(16)19)20-9-4-7(14)6(13)3-8(9)15/h3-5,10H,1-2H3,(H3,16,17,18,19)/t10-/m1/s1. The highest BCUT2D eigenvalue weighted by Crippen LogP contribution is 2.34. The number of carbonyl (C=O) groups is 2. The fourth-order valence-corrected chi connectivity index (χ4v) is 2.00. The number of ether oxygens (including phenoxy) is 1. The number of amides is 3. The van der Waals surface area contributed by atoms with Gasteiger partial charge in [0, 0.05) is 6.07 Å². The predicted octanol–water partition coefficient (Wildman–Crippen LogP) is 3.25. The molecule has 1 rings (SSSR count). The van der Waals surface area contributed by atoms with Crippen molar-refractivity contribution in [2.24, 2.45) is 11.7 Å². The van der Waals surface area contributed by atoms with Crippen molar-refractivity contribution < 1.29 is 14.3 Å². The van der Waals surface area contributed by atoms with Gasteiger partial charge in [-0.15, -0.1) is 0 Å². The molecule has 3 amide bonds. The minimum Gasteiger partial charge on any atom is -0.479 e. The Labute approximate surface area is 131 Å². The summed E-state index contributed by atoms with van der Waals surface area (Å²) in [4.78, 5) is 22.5. The summed E-state index contributed by atoms with van der Waals surface area (Å²) in [6.07, 6.45) is -0.947. The Morgan fingerprint density at radius 1 is 1.15 bits per heavy atom. The van der Waals surface area contributed by atoms with E-state index in [2.05, 4.69) is 0 Å². The fraction of sp³-hybridized carbons (Fsp3) is 0.333. The van der Waals surface area contributed by atoms with Crippen LogP contribution >= 0.6 is 34.8 Å². The lowest BCUT2D eigenvalue weighted by Gasteiger charge is -2.22. The van der Waals surface area contributed by atoms with Crippen LogP contribution in [0.2, 0.25) is 15.1 Å². The first-order valence-corrected chi connectivity index (χ1v) is 6.77. The highest BCUT2D eigenvalue weighted by Gasteiger charge is 2.26. The number of primary amides is 1. The Balaban J connectivity index is 2.99. The zero-order valence-corrected chi connectivity index (χ0v) is 13.0. The van der Waals surface area contributed by atoms with E-state index >= 15 is 0 Å². The summed E-state index contributed by atoms with van der Waals surface area (Å²) >= 11 is 17.6. The lowest BCUT2D eigenvalue weighted by atomic mass is 10.1. The molecule has 0 fully saturated rings. The van der Waals surface area contributed by atoms with Crippen LogP contribution in [0.4, 0.5) is 4.79 Å². The Morgan fingerprint density at radius 2 is 1.70 bits per heavy atom. The summed E-state index contributed by atoms with van der Waals surface area (Å²) in [6, 6.07) is 1.85. The van der Waals surface area contributed by atoms with Crippen LogP contribution in [-0.2, 0) is 4.79 Å². The third kappa shape index (κ3) is 4.44.